The van der Waals surface area contributed by atoms with Gasteiger partial charge < -0.3 is 10.0 Å². The predicted octanol–water partition coefficient (Wildman–Crippen LogP) is 12.0. The van der Waals surface area contributed by atoms with Crippen molar-refractivity contribution in [3.05, 3.63) is 148 Å². The van der Waals surface area contributed by atoms with Gasteiger partial charge in [0.05, 0.1) is 19.9 Å². The fourth-order valence-corrected chi connectivity index (χ4v) is 8.37. The van der Waals surface area contributed by atoms with Crippen molar-refractivity contribution in [2.24, 2.45) is 0 Å². The molecule has 1 aliphatic carbocycles. The fraction of sp³-hybridized carbons (Fsp3) is 0.0909. The molecule has 0 spiro atoms. The highest BCUT2D eigenvalue weighted by Crippen LogP contribution is 2.40. The lowest BCUT2D eigenvalue weighted by Gasteiger charge is -2.00. The molecule has 256 valence electrons. The number of nitrogens with zero attached hydrogens (tertiary/aromatic N) is 2. The third kappa shape index (κ3) is 12.0. The molecule has 0 fully saturated rings. The number of nitro groups is 2. The molecule has 3 aromatic heterocycles. The van der Waals surface area contributed by atoms with E-state index in [1.165, 1.54) is 60.8 Å². The SMILES string of the molecule is Brc1ccc2c(c1)-c1ccsc1C2.C.C.O=[N+]([O-])c1ccc(Br)cc1-c1ccsc1.O=[N+]([O-])c1ccc(Br)cc1Br.OB(O)c1ccsc1. The van der Waals surface area contributed by atoms with Crippen LogP contribution in [0.3, 0.4) is 0 Å². The molecule has 16 heteroatoms. The first-order valence-corrected chi connectivity index (χ1v) is 19.2. The monoisotopic (exact) mass is 972 g/mol. The molecular formula is C33H29BBr4N2O6S3. The number of rotatable bonds is 4. The van der Waals surface area contributed by atoms with Crippen LogP contribution in [0.25, 0.3) is 22.3 Å². The Hall–Kier alpha value is -2.54. The van der Waals surface area contributed by atoms with Gasteiger partial charge in [0.15, 0.2) is 0 Å². The van der Waals surface area contributed by atoms with Gasteiger partial charge in [-0.05, 0) is 119 Å². The van der Waals surface area contributed by atoms with Crippen LogP contribution in [0.2, 0.25) is 0 Å². The molecule has 0 amide bonds. The molecule has 0 radical (unpaired) electrons. The molecule has 3 aromatic carbocycles. The Kier molecular flexibility index (Phi) is 17.7. The Balaban J connectivity index is 0.000000229. The van der Waals surface area contributed by atoms with Gasteiger partial charge in [0.25, 0.3) is 11.4 Å². The van der Waals surface area contributed by atoms with Crippen LogP contribution in [0.1, 0.15) is 25.3 Å². The van der Waals surface area contributed by atoms with Crippen molar-refractivity contribution in [2.45, 2.75) is 21.3 Å². The number of thiophene rings is 3. The molecule has 3 heterocycles. The Morgan fingerprint density at radius 2 is 1.22 bits per heavy atom. The van der Waals surface area contributed by atoms with E-state index in [0.29, 0.717) is 15.5 Å². The quantitative estimate of drug-likeness (QED) is 0.103. The van der Waals surface area contributed by atoms with E-state index in [1.807, 2.05) is 28.2 Å². The summed E-state index contributed by atoms with van der Waals surface area (Å²) in [5.74, 6) is 0. The Labute approximate surface area is 330 Å². The van der Waals surface area contributed by atoms with Gasteiger partial charge in [-0.2, -0.15) is 22.7 Å². The Morgan fingerprint density at radius 1 is 0.653 bits per heavy atom. The maximum atomic E-state index is 10.8. The van der Waals surface area contributed by atoms with Gasteiger partial charge in [-0.15, -0.1) is 11.3 Å². The number of hydrogen-bond donors (Lipinski definition) is 2. The predicted molar refractivity (Wildman–Crippen MR) is 220 cm³/mol. The molecular weight excluding hydrogens is 947 g/mol. The van der Waals surface area contributed by atoms with Gasteiger partial charge in [0.2, 0.25) is 0 Å². The highest BCUT2D eigenvalue weighted by molar-refractivity contribution is 9.11. The van der Waals surface area contributed by atoms with E-state index in [1.54, 1.807) is 41.1 Å². The summed E-state index contributed by atoms with van der Waals surface area (Å²) in [5, 5.41) is 47.5. The lowest BCUT2D eigenvalue weighted by molar-refractivity contribution is -0.385. The van der Waals surface area contributed by atoms with Gasteiger partial charge in [0.1, 0.15) is 0 Å². The van der Waals surface area contributed by atoms with Crippen LogP contribution in [0.4, 0.5) is 11.4 Å². The van der Waals surface area contributed by atoms with Crippen LogP contribution >= 0.6 is 97.7 Å². The summed E-state index contributed by atoms with van der Waals surface area (Å²) in [6, 6.07) is 22.0. The molecule has 0 unspecified atom stereocenters. The number of fused-ring (bicyclic) bond motifs is 3. The molecule has 0 saturated heterocycles. The maximum absolute atomic E-state index is 10.8. The molecule has 0 bridgehead atoms. The van der Waals surface area contributed by atoms with Crippen LogP contribution < -0.4 is 5.46 Å². The highest BCUT2D eigenvalue weighted by atomic mass is 79.9. The first-order valence-electron chi connectivity index (χ1n) is 13.2. The highest BCUT2D eigenvalue weighted by Gasteiger charge is 2.19. The second-order valence-electron chi connectivity index (χ2n) is 9.45. The summed E-state index contributed by atoms with van der Waals surface area (Å²) in [5.41, 5.74) is 6.61. The summed E-state index contributed by atoms with van der Waals surface area (Å²) < 4.78 is 3.31. The first-order chi connectivity index (χ1) is 22.4. The number of halogens is 4. The summed E-state index contributed by atoms with van der Waals surface area (Å²) in [6.45, 7) is 0. The zero-order chi connectivity index (χ0) is 34.1. The Bertz CT molecular complexity index is 1970. The van der Waals surface area contributed by atoms with Gasteiger partial charge in [-0.25, -0.2) is 0 Å². The van der Waals surface area contributed by atoms with Crippen LogP contribution in [-0.2, 0) is 6.42 Å². The second kappa shape index (κ2) is 20.3. The van der Waals surface area contributed by atoms with Gasteiger partial charge in [-0.1, -0.05) is 74.8 Å². The van der Waals surface area contributed by atoms with Gasteiger partial charge >= 0.3 is 7.12 Å². The van der Waals surface area contributed by atoms with Crippen molar-refractivity contribution in [1.29, 1.82) is 0 Å². The minimum Gasteiger partial charge on any atom is -0.423 e. The van der Waals surface area contributed by atoms with Crippen molar-refractivity contribution >= 4 is 122 Å². The standard InChI is InChI=1S/C11H7BrS.C10H6BrNO2S.C6H3Br2NO2.C4H5BO2S.2CH4/c12-8-2-1-7-5-11-9(3-4-13-11)10(7)6-8;11-8-1-2-10(12(13)14)9(5-8)7-3-4-15-6-7;7-4-1-2-6(9(10)11)5(8)3-4;6-5(7)4-1-2-8-3-4;;/h1-4,6H,5H2;1-6H;1-3H;1-3,6-7H;2*1H4. The van der Waals surface area contributed by atoms with Crippen molar-refractivity contribution in [2.75, 3.05) is 0 Å². The maximum Gasteiger partial charge on any atom is 0.489 e. The van der Waals surface area contributed by atoms with Gasteiger partial charge in [-0.3, -0.25) is 20.2 Å². The Morgan fingerprint density at radius 3 is 1.76 bits per heavy atom. The summed E-state index contributed by atoms with van der Waals surface area (Å²) in [6.07, 6.45) is 1.12. The van der Waals surface area contributed by atoms with Crippen LogP contribution in [0.5, 0.6) is 0 Å². The lowest BCUT2D eigenvalue weighted by atomic mass is 9.83. The smallest absolute Gasteiger partial charge is 0.423 e. The molecule has 49 heavy (non-hydrogen) atoms. The van der Waals surface area contributed by atoms with Crippen molar-refractivity contribution in [3.63, 3.8) is 0 Å². The third-order valence-corrected chi connectivity index (χ3v) is 10.8. The molecule has 8 nitrogen and oxygen atoms in total. The normalized spacial score (nSPS) is 10.2. The summed E-state index contributed by atoms with van der Waals surface area (Å²) >= 11 is 17.9. The van der Waals surface area contributed by atoms with Crippen molar-refractivity contribution < 1.29 is 19.9 Å². The average Bonchev–Trinajstić information content (AvgIpc) is 3.84. The minimum atomic E-state index is -1.30. The number of nitro benzene ring substituents is 2. The minimum absolute atomic E-state index is 0. The van der Waals surface area contributed by atoms with E-state index < -0.39 is 12.0 Å². The van der Waals surface area contributed by atoms with Crippen LogP contribution in [0.15, 0.2) is 118 Å². The third-order valence-electron chi connectivity index (χ3n) is 6.39. The molecule has 2 N–H and O–H groups in total. The lowest BCUT2D eigenvalue weighted by Crippen LogP contribution is -2.27. The van der Waals surface area contributed by atoms with E-state index in [2.05, 4.69) is 93.4 Å². The zero-order valence-electron chi connectivity index (χ0n) is 23.8. The summed E-state index contributed by atoms with van der Waals surface area (Å²) in [4.78, 5) is 21.8. The summed E-state index contributed by atoms with van der Waals surface area (Å²) in [7, 11) is -1.30. The van der Waals surface area contributed by atoms with E-state index >= 15 is 0 Å². The second-order valence-corrected chi connectivity index (χ2v) is 15.6. The topological polar surface area (TPSA) is 127 Å². The molecule has 0 aliphatic heterocycles. The van der Waals surface area contributed by atoms with E-state index in [-0.39, 0.29) is 31.2 Å². The van der Waals surface area contributed by atoms with E-state index in [0.717, 1.165) is 20.9 Å². The molecule has 6 aromatic rings. The first kappa shape index (κ1) is 42.6. The number of hydrogen-bond acceptors (Lipinski definition) is 9. The average molecular weight is 976 g/mol. The largest absolute Gasteiger partial charge is 0.489 e. The zero-order valence-corrected chi connectivity index (χ0v) is 32.6. The van der Waals surface area contributed by atoms with Crippen LogP contribution in [0, 0.1) is 20.2 Å². The van der Waals surface area contributed by atoms with E-state index in [4.69, 9.17) is 10.0 Å². The van der Waals surface area contributed by atoms with Gasteiger partial charge in [0, 0.05) is 36.8 Å². The fourth-order valence-electron chi connectivity index (χ4n) is 4.21. The molecule has 0 saturated carbocycles. The van der Waals surface area contributed by atoms with Crippen molar-refractivity contribution in [3.8, 4) is 22.3 Å². The molecule has 7 rings (SSSR count). The van der Waals surface area contributed by atoms with Crippen LogP contribution in [-0.4, -0.2) is 27.0 Å². The molecule has 0 atom stereocenters. The number of benzene rings is 3. The van der Waals surface area contributed by atoms with E-state index in [9.17, 15) is 20.2 Å². The van der Waals surface area contributed by atoms with Crippen molar-refractivity contribution in [1.82, 2.24) is 0 Å². The molecule has 1 aliphatic rings.